The number of hydrogen-bond donors (Lipinski definition) is 1. The van der Waals surface area contributed by atoms with E-state index in [2.05, 4.69) is 55.2 Å². The number of carbonyl (C=O) groups excluding carboxylic acids is 2. The Morgan fingerprint density at radius 3 is 2.52 bits per heavy atom. The Balaban J connectivity index is 1.64. The van der Waals surface area contributed by atoms with E-state index in [9.17, 15) is 9.59 Å². The second kappa shape index (κ2) is 8.57. The molecule has 0 saturated carbocycles. The third kappa shape index (κ3) is 4.98. The molecule has 1 atom stereocenters. The highest BCUT2D eigenvalue weighted by molar-refractivity contribution is 7.99. The molecule has 1 unspecified atom stereocenters. The molecule has 7 nitrogen and oxygen atoms in total. The van der Waals surface area contributed by atoms with Crippen molar-refractivity contribution in [2.45, 2.75) is 44.2 Å². The molecule has 1 saturated heterocycles. The number of benzene rings is 1. The van der Waals surface area contributed by atoms with Gasteiger partial charge in [0.05, 0.1) is 11.7 Å². The largest absolute Gasteiger partial charge is 0.369 e. The number of piperidine rings is 1. The molecule has 2 heterocycles. The monoisotopic (exact) mass is 415 g/mol. The summed E-state index contributed by atoms with van der Waals surface area (Å²) in [6, 6.07) is 8.35. The summed E-state index contributed by atoms with van der Waals surface area (Å²) >= 11 is 1.36. The van der Waals surface area contributed by atoms with Crippen LogP contribution in [0.15, 0.2) is 29.4 Å². The number of nitrogens with two attached hydrogens (primary N) is 1. The van der Waals surface area contributed by atoms with E-state index in [4.69, 9.17) is 5.73 Å². The molecule has 3 rings (SSSR count). The van der Waals surface area contributed by atoms with Crippen LogP contribution in [0.4, 0.5) is 0 Å². The zero-order valence-electron chi connectivity index (χ0n) is 17.5. The summed E-state index contributed by atoms with van der Waals surface area (Å²) in [6.45, 7) is 7.64. The van der Waals surface area contributed by atoms with Gasteiger partial charge in [0.15, 0.2) is 11.0 Å². The topological polar surface area (TPSA) is 94.1 Å². The Kier molecular flexibility index (Phi) is 6.31. The van der Waals surface area contributed by atoms with Gasteiger partial charge in [-0.3, -0.25) is 9.59 Å². The Bertz CT molecular complexity index is 885. The zero-order chi connectivity index (χ0) is 21.2. The van der Waals surface area contributed by atoms with Gasteiger partial charge in [0.25, 0.3) is 0 Å². The zero-order valence-corrected chi connectivity index (χ0v) is 18.3. The van der Waals surface area contributed by atoms with Crippen molar-refractivity contribution in [1.29, 1.82) is 0 Å². The van der Waals surface area contributed by atoms with Crippen molar-refractivity contribution >= 4 is 23.6 Å². The fourth-order valence-corrected chi connectivity index (χ4v) is 4.28. The van der Waals surface area contributed by atoms with Crippen molar-refractivity contribution in [3.63, 3.8) is 0 Å². The standard InChI is InChI=1S/C21H29N5O2S/c1-21(2,3)16-9-7-14(8-10-16)19-23-24-20(25(19)4)29-13-17(27)26-11-5-6-15(12-26)18(22)28/h7-10,15H,5-6,11-13H2,1-4H3,(H2,22,28). The first-order chi connectivity index (χ1) is 13.7. The first-order valence-electron chi connectivity index (χ1n) is 9.87. The molecule has 8 heteroatoms. The van der Waals surface area contributed by atoms with Crippen molar-refractivity contribution in [2.24, 2.45) is 18.7 Å². The van der Waals surface area contributed by atoms with Crippen molar-refractivity contribution in [1.82, 2.24) is 19.7 Å². The predicted molar refractivity (Wildman–Crippen MR) is 114 cm³/mol. The second-order valence-electron chi connectivity index (χ2n) is 8.56. The molecule has 1 fully saturated rings. The van der Waals surface area contributed by atoms with Crippen molar-refractivity contribution in [3.8, 4) is 11.4 Å². The predicted octanol–water partition coefficient (Wildman–Crippen LogP) is 2.60. The Labute approximate surface area is 176 Å². The van der Waals surface area contributed by atoms with Gasteiger partial charge in [0.1, 0.15) is 0 Å². The van der Waals surface area contributed by atoms with Crippen LogP contribution >= 0.6 is 11.8 Å². The van der Waals surface area contributed by atoms with Crippen LogP contribution in [-0.4, -0.2) is 50.3 Å². The van der Waals surface area contributed by atoms with E-state index >= 15 is 0 Å². The Morgan fingerprint density at radius 2 is 1.90 bits per heavy atom. The summed E-state index contributed by atoms with van der Waals surface area (Å²) in [5.74, 6) is 0.466. The Hall–Kier alpha value is -2.35. The molecule has 156 valence electrons. The number of thioether (sulfide) groups is 1. The quantitative estimate of drug-likeness (QED) is 0.758. The highest BCUT2D eigenvalue weighted by atomic mass is 32.2. The van der Waals surface area contributed by atoms with Crippen molar-refractivity contribution < 1.29 is 9.59 Å². The van der Waals surface area contributed by atoms with Gasteiger partial charge < -0.3 is 15.2 Å². The average Bonchev–Trinajstić information content (AvgIpc) is 3.06. The lowest BCUT2D eigenvalue weighted by Gasteiger charge is -2.31. The molecular weight excluding hydrogens is 386 g/mol. The summed E-state index contributed by atoms with van der Waals surface area (Å²) in [6.07, 6.45) is 1.57. The van der Waals surface area contributed by atoms with E-state index < -0.39 is 0 Å². The van der Waals surface area contributed by atoms with Crippen LogP contribution in [0, 0.1) is 5.92 Å². The number of likely N-dealkylation sites (tertiary alicyclic amines) is 1. The van der Waals surface area contributed by atoms with Crippen molar-refractivity contribution in [3.05, 3.63) is 29.8 Å². The summed E-state index contributed by atoms with van der Waals surface area (Å²) in [5.41, 5.74) is 7.76. The molecule has 2 amide bonds. The first kappa shape index (κ1) is 21.4. The average molecular weight is 416 g/mol. The number of hydrogen-bond acceptors (Lipinski definition) is 5. The first-order valence-corrected chi connectivity index (χ1v) is 10.9. The molecule has 0 bridgehead atoms. The van der Waals surface area contributed by atoms with Crippen LogP contribution in [0.3, 0.4) is 0 Å². The number of aromatic nitrogens is 3. The van der Waals surface area contributed by atoms with E-state index in [0.717, 1.165) is 24.2 Å². The minimum atomic E-state index is -0.328. The molecule has 1 aliphatic rings. The van der Waals surface area contributed by atoms with Gasteiger partial charge >= 0.3 is 0 Å². The number of carbonyl (C=O) groups is 2. The lowest BCUT2D eigenvalue weighted by molar-refractivity contribution is -0.132. The second-order valence-corrected chi connectivity index (χ2v) is 9.50. The van der Waals surface area contributed by atoms with Gasteiger partial charge in [0.2, 0.25) is 11.8 Å². The van der Waals surface area contributed by atoms with E-state index in [0.29, 0.717) is 18.2 Å². The maximum absolute atomic E-state index is 12.6. The van der Waals surface area contributed by atoms with Crippen molar-refractivity contribution in [2.75, 3.05) is 18.8 Å². The van der Waals surface area contributed by atoms with Gasteiger partial charge in [-0.2, -0.15) is 0 Å². The molecule has 2 aromatic rings. The molecular formula is C21H29N5O2S. The lowest BCUT2D eigenvalue weighted by Crippen LogP contribution is -2.44. The number of rotatable bonds is 5. The van der Waals surface area contributed by atoms with Gasteiger partial charge in [-0.25, -0.2) is 0 Å². The maximum Gasteiger partial charge on any atom is 0.233 e. The molecule has 0 spiro atoms. The summed E-state index contributed by atoms with van der Waals surface area (Å²) in [7, 11) is 1.91. The van der Waals surface area contributed by atoms with Crippen LogP contribution in [0.1, 0.15) is 39.2 Å². The molecule has 0 radical (unpaired) electrons. The lowest BCUT2D eigenvalue weighted by atomic mass is 9.87. The van der Waals surface area contributed by atoms with Crippen LogP contribution in [-0.2, 0) is 22.1 Å². The third-order valence-corrected chi connectivity index (χ3v) is 6.35. The van der Waals surface area contributed by atoms with E-state index in [1.807, 2.05) is 11.6 Å². The molecule has 1 aliphatic heterocycles. The summed E-state index contributed by atoms with van der Waals surface area (Å²) < 4.78 is 1.91. The van der Waals surface area contributed by atoms with Gasteiger partial charge in [-0.05, 0) is 23.8 Å². The number of nitrogens with zero attached hydrogens (tertiary/aromatic N) is 4. The fraction of sp³-hybridized carbons (Fsp3) is 0.524. The molecule has 0 aliphatic carbocycles. The Morgan fingerprint density at radius 1 is 1.21 bits per heavy atom. The number of primary amides is 1. The van der Waals surface area contributed by atoms with E-state index in [1.54, 1.807) is 4.90 Å². The van der Waals surface area contributed by atoms with Crippen LogP contribution < -0.4 is 5.73 Å². The molecule has 1 aromatic carbocycles. The van der Waals surface area contributed by atoms with Gasteiger partial charge in [-0.1, -0.05) is 56.8 Å². The summed E-state index contributed by atoms with van der Waals surface area (Å²) in [4.78, 5) is 25.7. The van der Waals surface area contributed by atoms with Gasteiger partial charge in [0, 0.05) is 25.7 Å². The summed E-state index contributed by atoms with van der Waals surface area (Å²) in [5, 5.41) is 9.26. The molecule has 29 heavy (non-hydrogen) atoms. The normalized spacial score (nSPS) is 17.4. The highest BCUT2D eigenvalue weighted by Crippen LogP contribution is 2.27. The fourth-order valence-electron chi connectivity index (χ4n) is 3.46. The smallest absolute Gasteiger partial charge is 0.233 e. The van der Waals surface area contributed by atoms with Crippen LogP contribution in [0.5, 0.6) is 0 Å². The van der Waals surface area contributed by atoms with E-state index in [1.165, 1.54) is 17.3 Å². The molecule has 2 N–H and O–H groups in total. The third-order valence-electron chi connectivity index (χ3n) is 5.35. The maximum atomic E-state index is 12.6. The highest BCUT2D eigenvalue weighted by Gasteiger charge is 2.27. The SMILES string of the molecule is Cn1c(SCC(=O)N2CCCC(C(N)=O)C2)nnc1-c1ccc(C(C)(C)C)cc1. The van der Waals surface area contributed by atoms with E-state index in [-0.39, 0.29) is 28.9 Å². The molecule has 1 aromatic heterocycles. The van der Waals surface area contributed by atoms with Crippen LogP contribution in [0.25, 0.3) is 11.4 Å². The van der Waals surface area contributed by atoms with Gasteiger partial charge in [-0.15, -0.1) is 10.2 Å². The minimum absolute atomic E-state index is 0.0000279. The number of amides is 2. The van der Waals surface area contributed by atoms with Crippen LogP contribution in [0.2, 0.25) is 0 Å². The minimum Gasteiger partial charge on any atom is -0.369 e.